The topological polar surface area (TPSA) is 228 Å². The summed E-state index contributed by atoms with van der Waals surface area (Å²) in [7, 11) is 4.89. The molecule has 0 radical (unpaired) electrons. The molecule has 0 bridgehead atoms. The molecule has 386 valence electrons. The number of methoxy groups -OCH3 is 1. The minimum Gasteiger partial charge on any atom is -0.463 e. The maximum atomic E-state index is 13.7. The molecule has 19 heteroatoms. The quantitative estimate of drug-likeness (QED) is 0.129. The summed E-state index contributed by atoms with van der Waals surface area (Å²) >= 11 is 0. The van der Waals surface area contributed by atoms with Gasteiger partial charge in [0.15, 0.2) is 24.3 Å². The Bertz CT molecular complexity index is 1740. The highest BCUT2D eigenvalue weighted by atomic mass is 16.7. The van der Waals surface area contributed by atoms with Crippen LogP contribution in [0.4, 0.5) is 0 Å². The second-order valence-electron chi connectivity index (χ2n) is 19.1. The number of esters is 4. The van der Waals surface area contributed by atoms with Gasteiger partial charge in [-0.1, -0.05) is 20.8 Å². The van der Waals surface area contributed by atoms with Gasteiger partial charge in [0, 0.05) is 65.2 Å². The summed E-state index contributed by atoms with van der Waals surface area (Å²) < 4.78 is 55.5. The molecule has 3 aliphatic heterocycles. The molecule has 19 nitrogen and oxygen atoms in total. The highest BCUT2D eigenvalue weighted by Crippen LogP contribution is 2.39. The number of hydrogen-bond donors (Lipinski definition) is 2. The average molecular weight is 966 g/mol. The van der Waals surface area contributed by atoms with Crippen molar-refractivity contribution in [1.82, 2.24) is 14.8 Å². The molecule has 4 heterocycles. The standard InChI is InChI=1S/C49H79N3O16/c1-12-38(56)64-37-26-40(58)61-30(4)18-23-52(22-14-15-34-16-20-50-21-17-34)28-36(55)29(3)25-35(19-24-53)45(46(37)60-11)67-48-43(59)42(51(9)10)44(31(5)63-48)66-41-27-49(8,68-33(7)54)47(32(6)62-41)65-39(57)13-2/h16-17,20-21,24,29-32,35-37,41-48,55,59H,12-15,18-19,22-23,25-28H2,1-11H3/t29-,30-,31-,32+,35+,36+,37-,41+,42-,43-,44-,45+,46+,47+,48+,49-/m1/s1. The summed E-state index contributed by atoms with van der Waals surface area (Å²) in [6, 6.07) is 3.13. The number of aromatic nitrogens is 1. The number of aldehydes is 1. The number of ether oxygens (including phenoxy) is 9. The van der Waals surface area contributed by atoms with Gasteiger partial charge in [-0.05, 0) is 104 Å². The number of pyridine rings is 1. The maximum Gasteiger partial charge on any atom is 0.309 e. The second-order valence-corrected chi connectivity index (χ2v) is 19.1. The number of cyclic esters (lactones) is 1. The molecule has 0 amide bonds. The Kier molecular flexibility index (Phi) is 22.7. The number of aryl methyl sites for hydroxylation is 1. The van der Waals surface area contributed by atoms with Crippen LogP contribution in [0.15, 0.2) is 24.5 Å². The number of hydrogen-bond acceptors (Lipinski definition) is 19. The molecule has 68 heavy (non-hydrogen) atoms. The van der Waals surface area contributed by atoms with Gasteiger partial charge in [-0.25, -0.2) is 0 Å². The number of likely N-dealkylation sites (N-methyl/N-ethyl adjacent to an activating group) is 1. The fourth-order valence-corrected chi connectivity index (χ4v) is 9.70. The number of aliphatic hydroxyl groups excluding tert-OH is 2. The molecular weight excluding hydrogens is 887 g/mol. The monoisotopic (exact) mass is 966 g/mol. The SMILES string of the molecule is CCC(=O)O[C@@H]1CC(=O)O[C@H](C)CCN(CCCc2ccncc2)C[C@H](O)[C@H](C)C[C@H](CC=O)[C@H](O[C@@H]2O[C@H](C)[C@@H](O[C@H]3C[C@@](C)(OC(C)=O)[C@@H](OC(=O)CC)[C@H](C)O3)[C@H](N(C)C)[C@H]2O)[C@H]1OC. The lowest BCUT2D eigenvalue weighted by molar-refractivity contribution is -0.344. The summed E-state index contributed by atoms with van der Waals surface area (Å²) in [5.41, 5.74) is -0.179. The molecule has 16 atom stereocenters. The molecule has 0 saturated carbocycles. The largest absolute Gasteiger partial charge is 0.463 e. The Morgan fingerprint density at radius 1 is 0.971 bits per heavy atom. The van der Waals surface area contributed by atoms with E-state index in [1.54, 1.807) is 72.9 Å². The number of β-amino-alcohol motifs (C(OH)–C–C–N with tert-alkyl or cyclic N) is 1. The van der Waals surface area contributed by atoms with Crippen LogP contribution in [0, 0.1) is 11.8 Å². The van der Waals surface area contributed by atoms with E-state index in [1.807, 2.05) is 19.1 Å². The predicted molar refractivity (Wildman–Crippen MR) is 246 cm³/mol. The molecule has 0 aromatic carbocycles. The van der Waals surface area contributed by atoms with E-state index in [0.29, 0.717) is 26.1 Å². The average Bonchev–Trinajstić information content (AvgIpc) is 3.27. The Labute approximate surface area is 402 Å². The Morgan fingerprint density at radius 2 is 1.65 bits per heavy atom. The normalized spacial score (nSPS) is 35.9. The first kappa shape index (κ1) is 56.9. The first-order chi connectivity index (χ1) is 32.2. The van der Waals surface area contributed by atoms with E-state index in [0.717, 1.165) is 24.7 Å². The molecule has 3 fully saturated rings. The lowest BCUT2D eigenvalue weighted by Gasteiger charge is -2.50. The van der Waals surface area contributed by atoms with E-state index < -0.39 is 127 Å². The van der Waals surface area contributed by atoms with Gasteiger partial charge in [-0.2, -0.15) is 0 Å². The van der Waals surface area contributed by atoms with Crippen LogP contribution in [-0.4, -0.2) is 181 Å². The zero-order chi connectivity index (χ0) is 50.3. The minimum absolute atomic E-state index is 0.0101. The van der Waals surface area contributed by atoms with Crippen LogP contribution in [-0.2, 0) is 73.0 Å². The van der Waals surface area contributed by atoms with Gasteiger partial charge in [-0.15, -0.1) is 0 Å². The summed E-state index contributed by atoms with van der Waals surface area (Å²) in [4.78, 5) is 72.2. The summed E-state index contributed by atoms with van der Waals surface area (Å²) in [6.07, 6.45) is -5.99. The van der Waals surface area contributed by atoms with Gasteiger partial charge in [0.2, 0.25) is 0 Å². The number of rotatable bonds is 17. The Balaban J connectivity index is 1.68. The second kappa shape index (κ2) is 27.1. The van der Waals surface area contributed by atoms with Crippen LogP contribution < -0.4 is 0 Å². The first-order valence-electron chi connectivity index (χ1n) is 24.2. The highest BCUT2D eigenvalue weighted by molar-refractivity contribution is 5.73. The van der Waals surface area contributed by atoms with Crippen molar-refractivity contribution in [2.75, 3.05) is 40.8 Å². The molecule has 2 N–H and O–H groups in total. The molecule has 3 aliphatic rings. The number of aliphatic hydroxyl groups is 2. The molecule has 0 unspecified atom stereocenters. The maximum absolute atomic E-state index is 13.7. The van der Waals surface area contributed by atoms with Crippen molar-refractivity contribution >= 4 is 30.2 Å². The molecule has 4 rings (SSSR count). The van der Waals surface area contributed by atoms with Crippen LogP contribution in [0.25, 0.3) is 0 Å². The van der Waals surface area contributed by atoms with Gasteiger partial charge in [0.05, 0.1) is 36.9 Å². The van der Waals surface area contributed by atoms with Gasteiger partial charge >= 0.3 is 23.9 Å². The molecule has 3 saturated heterocycles. The van der Waals surface area contributed by atoms with Crippen molar-refractivity contribution in [2.45, 2.75) is 198 Å². The zero-order valence-corrected chi connectivity index (χ0v) is 42.0. The highest BCUT2D eigenvalue weighted by Gasteiger charge is 2.54. The minimum atomic E-state index is -1.43. The molecule has 1 aromatic heterocycles. The van der Waals surface area contributed by atoms with Crippen molar-refractivity contribution in [3.63, 3.8) is 0 Å². The molecule has 0 spiro atoms. The van der Waals surface area contributed by atoms with Crippen molar-refractivity contribution in [3.8, 4) is 0 Å². The van der Waals surface area contributed by atoms with Gasteiger partial charge in [0.1, 0.15) is 36.8 Å². The van der Waals surface area contributed by atoms with Gasteiger partial charge < -0.3 is 67.4 Å². The van der Waals surface area contributed by atoms with Crippen LogP contribution in [0.2, 0.25) is 0 Å². The fourth-order valence-electron chi connectivity index (χ4n) is 9.70. The summed E-state index contributed by atoms with van der Waals surface area (Å²) in [6.45, 7) is 14.8. The zero-order valence-electron chi connectivity index (χ0n) is 42.0. The van der Waals surface area contributed by atoms with Crippen LogP contribution >= 0.6 is 0 Å². The Hall–Kier alpha value is -3.66. The smallest absolute Gasteiger partial charge is 0.309 e. The molecule has 1 aromatic rings. The van der Waals surface area contributed by atoms with Crippen LogP contribution in [0.1, 0.15) is 112 Å². The summed E-state index contributed by atoms with van der Waals surface area (Å²) in [5.74, 6) is -3.43. The fraction of sp³-hybridized carbons (Fsp3) is 0.796. The van der Waals surface area contributed by atoms with Crippen molar-refractivity contribution < 1.29 is 76.8 Å². The van der Waals surface area contributed by atoms with Crippen molar-refractivity contribution in [2.24, 2.45) is 11.8 Å². The first-order valence-corrected chi connectivity index (χ1v) is 24.2. The van der Waals surface area contributed by atoms with E-state index in [9.17, 15) is 34.2 Å². The third-order valence-corrected chi connectivity index (χ3v) is 13.3. The van der Waals surface area contributed by atoms with Crippen LogP contribution in [0.5, 0.6) is 0 Å². The van der Waals surface area contributed by atoms with E-state index in [4.69, 9.17) is 42.6 Å². The predicted octanol–water partition coefficient (Wildman–Crippen LogP) is 3.56. The number of carbonyl (C=O) groups is 5. The molecule has 0 aliphatic carbocycles. The summed E-state index contributed by atoms with van der Waals surface area (Å²) in [5, 5.41) is 24.1. The third kappa shape index (κ3) is 16.2. The van der Waals surface area contributed by atoms with E-state index in [2.05, 4.69) is 9.88 Å². The van der Waals surface area contributed by atoms with Gasteiger partial charge in [0.25, 0.3) is 0 Å². The number of carbonyl (C=O) groups excluding carboxylic acids is 5. The van der Waals surface area contributed by atoms with E-state index >= 15 is 0 Å². The Morgan fingerprint density at radius 3 is 2.26 bits per heavy atom. The van der Waals surface area contributed by atoms with E-state index in [1.165, 1.54) is 14.0 Å². The number of nitrogens with zero attached hydrogens (tertiary/aromatic N) is 3. The van der Waals surface area contributed by atoms with Crippen LogP contribution in [0.3, 0.4) is 0 Å². The van der Waals surface area contributed by atoms with Crippen molar-refractivity contribution in [1.29, 1.82) is 0 Å². The van der Waals surface area contributed by atoms with Gasteiger partial charge in [-0.3, -0.25) is 24.2 Å². The van der Waals surface area contributed by atoms with Crippen molar-refractivity contribution in [3.05, 3.63) is 30.1 Å². The lowest BCUT2D eigenvalue weighted by Crippen LogP contribution is -2.66. The van der Waals surface area contributed by atoms with E-state index in [-0.39, 0.29) is 32.1 Å². The lowest BCUT2D eigenvalue weighted by atomic mass is 9.82. The third-order valence-electron chi connectivity index (χ3n) is 13.3. The molecular formula is C49H79N3O16.